The van der Waals surface area contributed by atoms with Crippen LogP contribution in [-0.2, 0) is 6.54 Å². The van der Waals surface area contributed by atoms with Gasteiger partial charge in [-0.05, 0) is 0 Å². The first-order chi connectivity index (χ1) is 5.24. The molecule has 4 nitrogen and oxygen atoms in total. The summed E-state index contributed by atoms with van der Waals surface area (Å²) in [7, 11) is 0. The van der Waals surface area contributed by atoms with Gasteiger partial charge in [0.15, 0.2) is 0 Å². The van der Waals surface area contributed by atoms with Gasteiger partial charge >= 0.3 is 5.69 Å². The standard InChI is InChI=1S/C6H7FN2O2/c7-2-4-9-3-1-5(10)8-6(9)11/h1,3H,2,4H2,(H,8,10,11). The molecule has 0 saturated heterocycles. The Morgan fingerprint density at radius 3 is 2.82 bits per heavy atom. The van der Waals surface area contributed by atoms with Crippen LogP contribution < -0.4 is 11.2 Å². The highest BCUT2D eigenvalue weighted by atomic mass is 19.1. The molecule has 0 radical (unpaired) electrons. The lowest BCUT2D eigenvalue weighted by molar-refractivity contribution is 0.436. The molecule has 0 atom stereocenters. The molecule has 0 aliphatic rings. The van der Waals surface area contributed by atoms with Gasteiger partial charge in [0, 0.05) is 12.3 Å². The van der Waals surface area contributed by atoms with Crippen molar-refractivity contribution in [2.45, 2.75) is 6.54 Å². The number of H-pyrrole nitrogens is 1. The summed E-state index contributed by atoms with van der Waals surface area (Å²) in [6.45, 7) is -0.637. The predicted octanol–water partition coefficient (Wildman–Crippen LogP) is -0.494. The van der Waals surface area contributed by atoms with Crippen molar-refractivity contribution < 1.29 is 4.39 Å². The summed E-state index contributed by atoms with van der Waals surface area (Å²) < 4.78 is 12.8. The summed E-state index contributed by atoms with van der Waals surface area (Å²) in [6, 6.07) is 1.18. The Morgan fingerprint density at radius 2 is 2.27 bits per heavy atom. The van der Waals surface area contributed by atoms with E-state index in [2.05, 4.69) is 0 Å². The molecular formula is C6H7FN2O2. The Bertz CT molecular complexity index is 341. The summed E-state index contributed by atoms with van der Waals surface area (Å²) in [6.07, 6.45) is 1.26. The van der Waals surface area contributed by atoms with E-state index in [0.717, 1.165) is 4.57 Å². The van der Waals surface area contributed by atoms with Crippen LogP contribution in [0.4, 0.5) is 4.39 Å². The van der Waals surface area contributed by atoms with Gasteiger partial charge in [0.2, 0.25) is 0 Å². The van der Waals surface area contributed by atoms with Gasteiger partial charge in [0.05, 0.1) is 6.54 Å². The number of hydrogen-bond donors (Lipinski definition) is 1. The molecule has 1 N–H and O–H groups in total. The van der Waals surface area contributed by atoms with E-state index in [4.69, 9.17) is 0 Å². The van der Waals surface area contributed by atoms with Gasteiger partial charge in [-0.1, -0.05) is 0 Å². The Hall–Kier alpha value is -1.39. The van der Waals surface area contributed by atoms with E-state index in [1.807, 2.05) is 4.98 Å². The number of nitrogens with one attached hydrogen (secondary N) is 1. The number of aryl methyl sites for hydroxylation is 1. The first kappa shape index (κ1) is 7.71. The normalized spacial score (nSPS) is 9.91. The maximum Gasteiger partial charge on any atom is 0.328 e. The number of alkyl halides is 1. The largest absolute Gasteiger partial charge is 0.328 e. The molecule has 11 heavy (non-hydrogen) atoms. The molecule has 0 aliphatic carbocycles. The quantitative estimate of drug-likeness (QED) is 0.631. The van der Waals surface area contributed by atoms with Gasteiger partial charge in [-0.2, -0.15) is 0 Å². The Labute approximate surface area is 61.3 Å². The first-order valence-electron chi connectivity index (χ1n) is 3.10. The maximum atomic E-state index is 11.7. The fourth-order valence-electron chi connectivity index (χ4n) is 0.711. The molecule has 1 rings (SSSR count). The van der Waals surface area contributed by atoms with Crippen LogP contribution in [0.3, 0.4) is 0 Å². The molecule has 0 bridgehead atoms. The average Bonchev–Trinajstić information content (AvgIpc) is 1.95. The SMILES string of the molecule is O=c1ccn(CCF)c(=O)[nH]1. The number of halogens is 1. The van der Waals surface area contributed by atoms with Crippen molar-refractivity contribution >= 4 is 0 Å². The molecule has 0 amide bonds. The molecule has 0 unspecified atom stereocenters. The second-order valence-corrected chi connectivity index (χ2v) is 1.99. The van der Waals surface area contributed by atoms with Crippen LogP contribution in [-0.4, -0.2) is 16.2 Å². The summed E-state index contributed by atoms with van der Waals surface area (Å²) >= 11 is 0. The van der Waals surface area contributed by atoms with Gasteiger partial charge in [0.1, 0.15) is 6.67 Å². The van der Waals surface area contributed by atoms with Gasteiger partial charge in [-0.15, -0.1) is 0 Å². The molecule has 0 fully saturated rings. The molecule has 1 heterocycles. The third-order valence-corrected chi connectivity index (χ3v) is 1.22. The van der Waals surface area contributed by atoms with Gasteiger partial charge in [-0.3, -0.25) is 14.3 Å². The third-order valence-electron chi connectivity index (χ3n) is 1.22. The minimum Gasteiger partial charge on any atom is -0.298 e. The first-order valence-corrected chi connectivity index (χ1v) is 3.10. The maximum absolute atomic E-state index is 11.7. The van der Waals surface area contributed by atoms with Crippen molar-refractivity contribution in [3.05, 3.63) is 33.1 Å². The highest BCUT2D eigenvalue weighted by Crippen LogP contribution is 1.76. The molecule has 1 aromatic heterocycles. The van der Waals surface area contributed by atoms with E-state index in [9.17, 15) is 14.0 Å². The highest BCUT2D eigenvalue weighted by Gasteiger charge is 1.93. The number of hydrogen-bond acceptors (Lipinski definition) is 2. The minimum atomic E-state index is -0.619. The van der Waals surface area contributed by atoms with Crippen LogP contribution in [0.15, 0.2) is 21.9 Å². The van der Waals surface area contributed by atoms with E-state index in [1.54, 1.807) is 0 Å². The van der Waals surface area contributed by atoms with Crippen molar-refractivity contribution in [1.82, 2.24) is 9.55 Å². The van der Waals surface area contributed by atoms with Gasteiger partial charge in [-0.25, -0.2) is 9.18 Å². The minimum absolute atomic E-state index is 0.0182. The fraction of sp³-hybridized carbons (Fsp3) is 0.333. The van der Waals surface area contributed by atoms with Crippen LogP contribution >= 0.6 is 0 Å². The van der Waals surface area contributed by atoms with Gasteiger partial charge < -0.3 is 0 Å². The second-order valence-electron chi connectivity index (χ2n) is 1.99. The van der Waals surface area contributed by atoms with E-state index >= 15 is 0 Å². The van der Waals surface area contributed by atoms with Crippen molar-refractivity contribution in [3.8, 4) is 0 Å². The smallest absolute Gasteiger partial charge is 0.298 e. The van der Waals surface area contributed by atoms with Crippen molar-refractivity contribution in [2.24, 2.45) is 0 Å². The lowest BCUT2D eigenvalue weighted by atomic mass is 10.6. The van der Waals surface area contributed by atoms with Crippen LogP contribution in [0, 0.1) is 0 Å². The van der Waals surface area contributed by atoms with Crippen molar-refractivity contribution in [3.63, 3.8) is 0 Å². The van der Waals surface area contributed by atoms with Crippen LogP contribution in [0.25, 0.3) is 0 Å². The topological polar surface area (TPSA) is 54.9 Å². The third kappa shape index (κ3) is 1.76. The Morgan fingerprint density at radius 1 is 1.55 bits per heavy atom. The fourth-order valence-corrected chi connectivity index (χ4v) is 0.711. The number of nitrogens with zero attached hydrogens (tertiary/aromatic N) is 1. The highest BCUT2D eigenvalue weighted by molar-refractivity contribution is 4.82. The molecule has 0 aromatic carbocycles. The molecule has 0 aliphatic heterocycles. The lowest BCUT2D eigenvalue weighted by Crippen LogP contribution is -2.28. The molecule has 60 valence electrons. The lowest BCUT2D eigenvalue weighted by Gasteiger charge is -1.97. The Balaban J connectivity index is 3.10. The van der Waals surface area contributed by atoms with Crippen molar-refractivity contribution in [2.75, 3.05) is 6.67 Å². The molecule has 0 saturated carbocycles. The second kappa shape index (κ2) is 3.14. The van der Waals surface area contributed by atoms with E-state index in [0.29, 0.717) is 0 Å². The summed E-state index contributed by atoms with van der Waals surface area (Å²) in [5.41, 5.74) is -1.04. The van der Waals surface area contributed by atoms with Crippen molar-refractivity contribution in [1.29, 1.82) is 0 Å². The van der Waals surface area contributed by atoms with Crippen LogP contribution in [0.2, 0.25) is 0 Å². The Kier molecular flexibility index (Phi) is 2.20. The zero-order valence-corrected chi connectivity index (χ0v) is 5.71. The molecular weight excluding hydrogens is 151 g/mol. The summed E-state index contributed by atoms with van der Waals surface area (Å²) in [5.74, 6) is 0. The zero-order valence-electron chi connectivity index (χ0n) is 5.71. The van der Waals surface area contributed by atoms with Gasteiger partial charge in [0.25, 0.3) is 5.56 Å². The van der Waals surface area contributed by atoms with Crippen LogP contribution in [0.1, 0.15) is 0 Å². The molecule has 1 aromatic rings. The number of rotatable bonds is 2. The van der Waals surface area contributed by atoms with E-state index < -0.39 is 17.9 Å². The summed E-state index contributed by atoms with van der Waals surface area (Å²) in [4.78, 5) is 23.3. The predicted molar refractivity (Wildman–Crippen MR) is 37.3 cm³/mol. The van der Waals surface area contributed by atoms with Crippen LogP contribution in [0.5, 0.6) is 0 Å². The summed E-state index contributed by atoms with van der Waals surface area (Å²) in [5, 5.41) is 0. The van der Waals surface area contributed by atoms with E-state index in [-0.39, 0.29) is 6.54 Å². The molecule has 0 spiro atoms. The number of aromatic amines is 1. The monoisotopic (exact) mass is 158 g/mol. The van der Waals surface area contributed by atoms with E-state index in [1.165, 1.54) is 12.3 Å². The zero-order chi connectivity index (χ0) is 8.27. The molecule has 5 heteroatoms. The number of aromatic nitrogens is 2. The average molecular weight is 158 g/mol.